The van der Waals surface area contributed by atoms with E-state index in [-0.39, 0.29) is 11.5 Å². The van der Waals surface area contributed by atoms with E-state index in [0.717, 1.165) is 6.42 Å². The van der Waals surface area contributed by atoms with Crippen LogP contribution >= 0.6 is 0 Å². The van der Waals surface area contributed by atoms with Gasteiger partial charge in [-0.1, -0.05) is 49.4 Å². The maximum atomic E-state index is 13.8. The minimum atomic E-state index is -0.439. The van der Waals surface area contributed by atoms with Gasteiger partial charge in [0.05, 0.1) is 5.56 Å². The molecule has 0 spiro atoms. The zero-order valence-electron chi connectivity index (χ0n) is 12.4. The maximum absolute atomic E-state index is 13.8. The van der Waals surface area contributed by atoms with Gasteiger partial charge in [0.15, 0.2) is 0 Å². The molecule has 2 nitrogen and oxygen atoms in total. The summed E-state index contributed by atoms with van der Waals surface area (Å²) in [6.07, 6.45) is 0.823. The highest BCUT2D eigenvalue weighted by Crippen LogP contribution is 2.18. The molecular weight excluding hydrogens is 265 g/mol. The number of nitrogens with one attached hydrogen (secondary N) is 1. The first-order valence-corrected chi connectivity index (χ1v) is 7.18. The zero-order valence-corrected chi connectivity index (χ0v) is 12.4. The van der Waals surface area contributed by atoms with Crippen molar-refractivity contribution in [2.45, 2.75) is 26.2 Å². The fourth-order valence-corrected chi connectivity index (χ4v) is 2.27. The number of amides is 1. The van der Waals surface area contributed by atoms with Gasteiger partial charge in [-0.25, -0.2) is 4.39 Å². The minimum Gasteiger partial charge on any atom is -0.352 e. The Labute approximate surface area is 125 Å². The molecule has 1 atom stereocenters. The first-order chi connectivity index (χ1) is 10.1. The van der Waals surface area contributed by atoms with E-state index >= 15 is 0 Å². The van der Waals surface area contributed by atoms with Crippen LogP contribution < -0.4 is 5.32 Å². The highest BCUT2D eigenvalue weighted by molar-refractivity contribution is 5.94. The average Bonchev–Trinajstić information content (AvgIpc) is 2.50. The largest absolute Gasteiger partial charge is 0.352 e. The van der Waals surface area contributed by atoms with Gasteiger partial charge in [0.2, 0.25) is 0 Å². The predicted octanol–water partition coefficient (Wildman–Crippen LogP) is 4.06. The van der Waals surface area contributed by atoms with Gasteiger partial charge in [-0.15, -0.1) is 0 Å². The summed E-state index contributed by atoms with van der Waals surface area (Å²) in [7, 11) is 0. The number of hydrogen-bond acceptors (Lipinski definition) is 1. The van der Waals surface area contributed by atoms with Crippen LogP contribution in [0.4, 0.5) is 4.39 Å². The Hall–Kier alpha value is -2.16. The Morgan fingerprint density at radius 2 is 1.86 bits per heavy atom. The van der Waals surface area contributed by atoms with E-state index in [2.05, 4.69) is 24.4 Å². The van der Waals surface area contributed by atoms with Crippen molar-refractivity contribution in [2.24, 2.45) is 0 Å². The van der Waals surface area contributed by atoms with Crippen molar-refractivity contribution in [1.82, 2.24) is 5.32 Å². The first-order valence-electron chi connectivity index (χ1n) is 7.18. The van der Waals surface area contributed by atoms with Gasteiger partial charge in [0.25, 0.3) is 5.91 Å². The lowest BCUT2D eigenvalue weighted by molar-refractivity contribution is 0.0948. The third kappa shape index (κ3) is 3.91. The molecule has 0 bridgehead atoms. The molecule has 2 aromatic rings. The number of rotatable bonds is 5. The summed E-state index contributed by atoms with van der Waals surface area (Å²) in [5.41, 5.74) is 1.84. The van der Waals surface area contributed by atoms with E-state index in [9.17, 15) is 9.18 Å². The van der Waals surface area contributed by atoms with Crippen molar-refractivity contribution in [1.29, 1.82) is 0 Å². The van der Waals surface area contributed by atoms with E-state index in [1.807, 2.05) is 18.2 Å². The Bertz CT molecular complexity index is 610. The molecule has 1 amide bonds. The SMILES string of the molecule is Cc1cccc(C(=O)NCCC(C)c2ccccc2)c1F. The normalized spacial score (nSPS) is 12.0. The van der Waals surface area contributed by atoms with Crippen LogP contribution in [0.25, 0.3) is 0 Å². The third-order valence-corrected chi connectivity index (χ3v) is 3.67. The molecular formula is C18H20FNO. The monoisotopic (exact) mass is 285 g/mol. The first kappa shape index (κ1) is 15.2. The molecule has 0 saturated heterocycles. The summed E-state index contributed by atoms with van der Waals surface area (Å²) >= 11 is 0. The summed E-state index contributed by atoms with van der Waals surface area (Å²) in [6, 6.07) is 15.0. The van der Waals surface area contributed by atoms with E-state index < -0.39 is 5.82 Å². The van der Waals surface area contributed by atoms with Crippen molar-refractivity contribution >= 4 is 5.91 Å². The maximum Gasteiger partial charge on any atom is 0.254 e. The molecule has 0 fully saturated rings. The van der Waals surface area contributed by atoms with Crippen LogP contribution in [-0.4, -0.2) is 12.5 Å². The number of halogens is 1. The fraction of sp³-hybridized carbons (Fsp3) is 0.278. The number of hydrogen-bond donors (Lipinski definition) is 1. The molecule has 2 rings (SSSR count). The van der Waals surface area contributed by atoms with Crippen LogP contribution in [0.1, 0.15) is 40.7 Å². The molecule has 21 heavy (non-hydrogen) atoms. The predicted molar refractivity (Wildman–Crippen MR) is 82.9 cm³/mol. The van der Waals surface area contributed by atoms with Crippen molar-refractivity contribution < 1.29 is 9.18 Å². The molecule has 2 aromatic carbocycles. The Kier molecular flexibility index (Phi) is 5.09. The second-order valence-corrected chi connectivity index (χ2v) is 5.29. The number of benzene rings is 2. The van der Waals surface area contributed by atoms with Crippen LogP contribution in [0.3, 0.4) is 0 Å². The summed E-state index contributed by atoms with van der Waals surface area (Å²) < 4.78 is 13.8. The quantitative estimate of drug-likeness (QED) is 0.882. The Morgan fingerprint density at radius 3 is 2.57 bits per heavy atom. The van der Waals surface area contributed by atoms with Crippen LogP contribution in [0.2, 0.25) is 0 Å². The summed E-state index contributed by atoms with van der Waals surface area (Å²) in [5, 5.41) is 2.79. The van der Waals surface area contributed by atoms with Crippen LogP contribution in [0.15, 0.2) is 48.5 Å². The standard InChI is InChI=1S/C18H20FNO/c1-13(15-8-4-3-5-9-15)11-12-20-18(21)16-10-6-7-14(2)17(16)19/h3-10,13H,11-12H2,1-2H3,(H,20,21). The van der Waals surface area contributed by atoms with E-state index in [4.69, 9.17) is 0 Å². The van der Waals surface area contributed by atoms with Gasteiger partial charge in [-0.2, -0.15) is 0 Å². The summed E-state index contributed by atoms with van der Waals surface area (Å²) in [6.45, 7) is 4.31. The van der Waals surface area contributed by atoms with Crippen LogP contribution in [-0.2, 0) is 0 Å². The molecule has 0 saturated carbocycles. The second kappa shape index (κ2) is 7.02. The van der Waals surface area contributed by atoms with Gasteiger partial charge in [0, 0.05) is 6.54 Å². The van der Waals surface area contributed by atoms with Gasteiger partial charge in [0.1, 0.15) is 5.82 Å². The molecule has 3 heteroatoms. The second-order valence-electron chi connectivity index (χ2n) is 5.29. The highest BCUT2D eigenvalue weighted by atomic mass is 19.1. The lowest BCUT2D eigenvalue weighted by Gasteiger charge is -2.13. The molecule has 0 aliphatic carbocycles. The van der Waals surface area contributed by atoms with Crippen LogP contribution in [0.5, 0.6) is 0 Å². The van der Waals surface area contributed by atoms with E-state index in [1.165, 1.54) is 11.6 Å². The van der Waals surface area contributed by atoms with Gasteiger partial charge >= 0.3 is 0 Å². The lowest BCUT2D eigenvalue weighted by Crippen LogP contribution is -2.26. The average molecular weight is 285 g/mol. The zero-order chi connectivity index (χ0) is 15.2. The molecule has 0 heterocycles. The van der Waals surface area contributed by atoms with Crippen molar-refractivity contribution in [2.75, 3.05) is 6.54 Å². The molecule has 1 N–H and O–H groups in total. The highest BCUT2D eigenvalue weighted by Gasteiger charge is 2.13. The van der Waals surface area contributed by atoms with Gasteiger partial charge in [-0.05, 0) is 36.5 Å². The molecule has 0 aliphatic heterocycles. The number of carbonyl (C=O) groups is 1. The smallest absolute Gasteiger partial charge is 0.254 e. The van der Waals surface area contributed by atoms with E-state index in [0.29, 0.717) is 18.0 Å². The minimum absolute atomic E-state index is 0.113. The summed E-state index contributed by atoms with van der Waals surface area (Å²) in [5.74, 6) is -0.434. The van der Waals surface area contributed by atoms with Crippen molar-refractivity contribution in [3.63, 3.8) is 0 Å². The molecule has 0 aromatic heterocycles. The molecule has 1 unspecified atom stereocenters. The Morgan fingerprint density at radius 1 is 1.14 bits per heavy atom. The number of carbonyl (C=O) groups excluding carboxylic acids is 1. The third-order valence-electron chi connectivity index (χ3n) is 3.67. The lowest BCUT2D eigenvalue weighted by atomic mass is 9.98. The van der Waals surface area contributed by atoms with Crippen molar-refractivity contribution in [3.8, 4) is 0 Å². The fourth-order valence-electron chi connectivity index (χ4n) is 2.27. The van der Waals surface area contributed by atoms with Crippen LogP contribution in [0, 0.1) is 12.7 Å². The van der Waals surface area contributed by atoms with E-state index in [1.54, 1.807) is 19.1 Å². The summed E-state index contributed by atoms with van der Waals surface area (Å²) in [4.78, 5) is 12.0. The van der Waals surface area contributed by atoms with Gasteiger partial charge < -0.3 is 5.32 Å². The molecule has 110 valence electrons. The molecule has 0 radical (unpaired) electrons. The molecule has 0 aliphatic rings. The number of aryl methyl sites for hydroxylation is 1. The topological polar surface area (TPSA) is 29.1 Å². The van der Waals surface area contributed by atoms with Gasteiger partial charge in [-0.3, -0.25) is 4.79 Å². The van der Waals surface area contributed by atoms with Crippen molar-refractivity contribution in [3.05, 3.63) is 71.0 Å². The Balaban J connectivity index is 1.89.